The van der Waals surface area contributed by atoms with Crippen LogP contribution in [0.1, 0.15) is 12.6 Å². The lowest BCUT2D eigenvalue weighted by molar-refractivity contribution is -0.142. The van der Waals surface area contributed by atoms with Crippen molar-refractivity contribution in [1.29, 1.82) is 0 Å². The van der Waals surface area contributed by atoms with Crippen molar-refractivity contribution in [3.05, 3.63) is 40.4 Å². The van der Waals surface area contributed by atoms with Gasteiger partial charge in [0.05, 0.1) is 25.3 Å². The molecule has 1 fully saturated rings. The monoisotopic (exact) mass is 422 g/mol. The van der Waals surface area contributed by atoms with Crippen molar-refractivity contribution in [1.82, 2.24) is 9.88 Å². The summed E-state index contributed by atoms with van der Waals surface area (Å²) in [4.78, 5) is 32.5. The number of rotatable bonds is 7. The van der Waals surface area contributed by atoms with E-state index in [4.69, 9.17) is 16.3 Å². The number of thiazole rings is 1. The lowest BCUT2D eigenvalue weighted by atomic mass is 10.2. The average Bonchev–Trinajstić information content (AvgIpc) is 3.09. The number of nitrogens with one attached hydrogen (secondary N) is 1. The largest absolute Gasteiger partial charge is 0.466 e. The first-order valence-electron chi connectivity index (χ1n) is 9.16. The Balaban J connectivity index is 1.43. The van der Waals surface area contributed by atoms with E-state index in [0.29, 0.717) is 24.0 Å². The van der Waals surface area contributed by atoms with Crippen molar-refractivity contribution in [2.75, 3.05) is 49.5 Å². The Hall–Kier alpha value is -2.16. The molecule has 2 heterocycles. The molecule has 2 aromatic rings. The van der Waals surface area contributed by atoms with Gasteiger partial charge in [0.2, 0.25) is 5.91 Å². The Labute approximate surface area is 173 Å². The number of piperazine rings is 1. The number of carbonyl (C=O) groups is 2. The van der Waals surface area contributed by atoms with Crippen LogP contribution in [0.4, 0.5) is 10.8 Å². The Kier molecular flexibility index (Phi) is 7.24. The van der Waals surface area contributed by atoms with Crippen LogP contribution in [0.2, 0.25) is 5.02 Å². The summed E-state index contributed by atoms with van der Waals surface area (Å²) in [6.45, 7) is 5.76. The van der Waals surface area contributed by atoms with E-state index >= 15 is 0 Å². The Morgan fingerprint density at radius 1 is 1.21 bits per heavy atom. The number of halogens is 1. The van der Waals surface area contributed by atoms with Crippen LogP contribution in [0.3, 0.4) is 0 Å². The zero-order valence-corrected chi connectivity index (χ0v) is 17.3. The van der Waals surface area contributed by atoms with Crippen LogP contribution in [0.15, 0.2) is 29.6 Å². The van der Waals surface area contributed by atoms with E-state index in [1.165, 1.54) is 11.3 Å². The number of aromatic nitrogens is 1. The van der Waals surface area contributed by atoms with Crippen LogP contribution in [-0.4, -0.2) is 61.1 Å². The summed E-state index contributed by atoms with van der Waals surface area (Å²) in [5, 5.41) is 5.80. The molecule has 0 radical (unpaired) electrons. The fraction of sp³-hybridized carbons (Fsp3) is 0.421. The highest BCUT2D eigenvalue weighted by Crippen LogP contribution is 2.20. The van der Waals surface area contributed by atoms with Gasteiger partial charge in [0.15, 0.2) is 5.13 Å². The molecule has 0 spiro atoms. The van der Waals surface area contributed by atoms with Crippen LogP contribution in [0, 0.1) is 0 Å². The molecule has 1 aromatic heterocycles. The molecule has 150 valence electrons. The molecule has 1 aromatic carbocycles. The predicted octanol–water partition coefficient (Wildman–Crippen LogP) is 2.66. The maximum Gasteiger partial charge on any atom is 0.311 e. The van der Waals surface area contributed by atoms with Crippen molar-refractivity contribution in [3.63, 3.8) is 0 Å². The molecule has 0 unspecified atom stereocenters. The van der Waals surface area contributed by atoms with Gasteiger partial charge in [0, 0.05) is 42.3 Å². The van der Waals surface area contributed by atoms with Crippen LogP contribution in [-0.2, 0) is 20.7 Å². The summed E-state index contributed by atoms with van der Waals surface area (Å²) in [7, 11) is 0. The normalized spacial score (nSPS) is 14.7. The highest BCUT2D eigenvalue weighted by Gasteiger charge is 2.20. The summed E-state index contributed by atoms with van der Waals surface area (Å²) in [5.74, 6) is -0.416. The van der Waals surface area contributed by atoms with Gasteiger partial charge in [0.1, 0.15) is 0 Å². The SMILES string of the molecule is CCOC(=O)Cc1csc(NC(=O)CN2CCN(c3ccc(Cl)cc3)CC2)n1. The van der Waals surface area contributed by atoms with Crippen molar-refractivity contribution in [3.8, 4) is 0 Å². The minimum Gasteiger partial charge on any atom is -0.466 e. The lowest BCUT2D eigenvalue weighted by Gasteiger charge is -2.35. The van der Waals surface area contributed by atoms with Gasteiger partial charge in [-0.15, -0.1) is 11.3 Å². The summed E-state index contributed by atoms with van der Waals surface area (Å²) < 4.78 is 4.90. The molecule has 0 atom stereocenters. The molecule has 7 nitrogen and oxygen atoms in total. The van der Waals surface area contributed by atoms with E-state index in [0.717, 1.165) is 36.9 Å². The molecular formula is C19H23ClN4O3S. The highest BCUT2D eigenvalue weighted by molar-refractivity contribution is 7.13. The third-order valence-electron chi connectivity index (χ3n) is 4.36. The maximum absolute atomic E-state index is 12.3. The molecule has 1 aliphatic heterocycles. The summed E-state index contributed by atoms with van der Waals surface area (Å²) in [5.41, 5.74) is 1.75. The van der Waals surface area contributed by atoms with Gasteiger partial charge in [-0.25, -0.2) is 4.98 Å². The number of hydrogen-bond donors (Lipinski definition) is 1. The van der Waals surface area contributed by atoms with Gasteiger partial charge in [-0.2, -0.15) is 0 Å². The van der Waals surface area contributed by atoms with E-state index in [9.17, 15) is 9.59 Å². The number of esters is 1. The van der Waals surface area contributed by atoms with E-state index in [1.54, 1.807) is 12.3 Å². The minimum atomic E-state index is -0.316. The maximum atomic E-state index is 12.3. The lowest BCUT2D eigenvalue weighted by Crippen LogP contribution is -2.48. The molecule has 0 aliphatic carbocycles. The number of carbonyl (C=O) groups excluding carboxylic acids is 2. The third-order valence-corrected chi connectivity index (χ3v) is 5.42. The molecular weight excluding hydrogens is 400 g/mol. The molecule has 0 bridgehead atoms. The van der Waals surface area contributed by atoms with E-state index in [1.807, 2.05) is 24.3 Å². The predicted molar refractivity (Wildman–Crippen MR) is 111 cm³/mol. The molecule has 0 saturated carbocycles. The van der Waals surface area contributed by atoms with Crippen LogP contribution in [0.25, 0.3) is 0 Å². The standard InChI is InChI=1S/C19H23ClN4O3S/c1-2-27-18(26)11-15-13-28-19(21-15)22-17(25)12-23-7-9-24(10-8-23)16-5-3-14(20)4-6-16/h3-6,13H,2,7-12H2,1H3,(H,21,22,25). The fourth-order valence-corrected chi connectivity index (χ4v) is 3.84. The van der Waals surface area contributed by atoms with Crippen molar-refractivity contribution in [2.24, 2.45) is 0 Å². The number of nitrogens with zero attached hydrogens (tertiary/aromatic N) is 3. The zero-order valence-electron chi connectivity index (χ0n) is 15.7. The summed E-state index contributed by atoms with van der Waals surface area (Å²) in [6, 6.07) is 7.81. The van der Waals surface area contributed by atoms with E-state index in [-0.39, 0.29) is 18.3 Å². The number of anilines is 2. The zero-order chi connectivity index (χ0) is 19.9. The molecule has 1 N–H and O–H groups in total. The minimum absolute atomic E-state index is 0.100. The highest BCUT2D eigenvalue weighted by atomic mass is 35.5. The second-order valence-corrected chi connectivity index (χ2v) is 7.71. The van der Waals surface area contributed by atoms with Gasteiger partial charge in [-0.05, 0) is 31.2 Å². The molecule has 9 heteroatoms. The fourth-order valence-electron chi connectivity index (χ4n) is 2.98. The third kappa shape index (κ3) is 5.92. The summed E-state index contributed by atoms with van der Waals surface area (Å²) >= 11 is 7.25. The van der Waals surface area contributed by atoms with Gasteiger partial charge < -0.3 is 15.0 Å². The van der Waals surface area contributed by atoms with Crippen molar-refractivity contribution < 1.29 is 14.3 Å². The molecule has 3 rings (SSSR count). The van der Waals surface area contributed by atoms with E-state index in [2.05, 4.69) is 20.1 Å². The van der Waals surface area contributed by atoms with Gasteiger partial charge in [-0.1, -0.05) is 11.6 Å². The van der Waals surface area contributed by atoms with Crippen molar-refractivity contribution >= 4 is 45.6 Å². The number of benzene rings is 1. The summed E-state index contributed by atoms with van der Waals surface area (Å²) in [6.07, 6.45) is 0.118. The quantitative estimate of drug-likeness (QED) is 0.691. The Morgan fingerprint density at radius 2 is 1.93 bits per heavy atom. The Morgan fingerprint density at radius 3 is 2.61 bits per heavy atom. The number of amides is 1. The van der Waals surface area contributed by atoms with Crippen molar-refractivity contribution in [2.45, 2.75) is 13.3 Å². The second-order valence-electron chi connectivity index (χ2n) is 6.41. The smallest absolute Gasteiger partial charge is 0.311 e. The molecule has 28 heavy (non-hydrogen) atoms. The second kappa shape index (κ2) is 9.86. The first-order chi connectivity index (χ1) is 13.5. The first kappa shape index (κ1) is 20.6. The number of hydrogen-bond acceptors (Lipinski definition) is 7. The Bertz CT molecular complexity index is 804. The van der Waals surface area contributed by atoms with Crippen LogP contribution in [0.5, 0.6) is 0 Å². The molecule has 1 saturated heterocycles. The van der Waals surface area contributed by atoms with E-state index < -0.39 is 0 Å². The topological polar surface area (TPSA) is 74.8 Å². The van der Waals surface area contributed by atoms with Gasteiger partial charge in [-0.3, -0.25) is 14.5 Å². The van der Waals surface area contributed by atoms with Crippen LogP contribution >= 0.6 is 22.9 Å². The van der Waals surface area contributed by atoms with Gasteiger partial charge in [0.25, 0.3) is 0 Å². The molecule has 1 amide bonds. The number of ether oxygens (including phenoxy) is 1. The van der Waals surface area contributed by atoms with Crippen LogP contribution < -0.4 is 10.2 Å². The average molecular weight is 423 g/mol. The first-order valence-corrected chi connectivity index (χ1v) is 10.4. The van der Waals surface area contributed by atoms with Gasteiger partial charge >= 0.3 is 5.97 Å². The molecule has 1 aliphatic rings.